The van der Waals surface area contributed by atoms with Gasteiger partial charge in [0.2, 0.25) is 17.0 Å². The van der Waals surface area contributed by atoms with E-state index in [0.29, 0.717) is 28.2 Å². The van der Waals surface area contributed by atoms with E-state index >= 15 is 0 Å². The third kappa shape index (κ3) is 2.89. The molecule has 0 saturated carbocycles. The van der Waals surface area contributed by atoms with E-state index in [9.17, 15) is 14.0 Å². The molecule has 1 saturated heterocycles. The molecule has 2 heterocycles. The third-order valence-electron chi connectivity index (χ3n) is 4.20. The number of halogens is 2. The summed E-state index contributed by atoms with van der Waals surface area (Å²) in [6.45, 7) is 0.251. The molecule has 1 aliphatic heterocycles. The number of carbonyl (C=O) groups excluding carboxylic acids is 2. The number of hydrogen-bond donors (Lipinski definition) is 0. The van der Waals surface area contributed by atoms with Crippen LogP contribution in [-0.2, 0) is 9.59 Å². The highest BCUT2D eigenvalue weighted by Crippen LogP contribution is 2.31. The van der Waals surface area contributed by atoms with Crippen LogP contribution in [0.15, 0.2) is 46.9 Å². The molecule has 1 amide bonds. The Labute approximate surface area is 147 Å². The van der Waals surface area contributed by atoms with E-state index in [4.69, 9.17) is 16.0 Å². The monoisotopic (exact) mass is 358 g/mol. The highest BCUT2D eigenvalue weighted by Gasteiger charge is 2.34. The van der Waals surface area contributed by atoms with Gasteiger partial charge in [-0.2, -0.15) is 0 Å². The van der Waals surface area contributed by atoms with Crippen molar-refractivity contribution >= 4 is 39.5 Å². The van der Waals surface area contributed by atoms with Gasteiger partial charge < -0.3 is 9.32 Å². The quantitative estimate of drug-likeness (QED) is 0.669. The standard InChI is InChI=1S/C18H12ClFN2O3/c19-17(24)11-7-16(23)22(9-11)13-4-5-15-14(8-13)21-18(25-15)10-2-1-3-12(20)6-10/h1-6,8,11H,7,9H2/t11-/m0/s1. The van der Waals surface area contributed by atoms with Crippen LogP contribution in [0.2, 0.25) is 0 Å². The summed E-state index contributed by atoms with van der Waals surface area (Å²) in [7, 11) is 0. The molecule has 5 nitrogen and oxygen atoms in total. The van der Waals surface area contributed by atoms with Crippen LogP contribution in [0.4, 0.5) is 10.1 Å². The minimum Gasteiger partial charge on any atom is -0.436 e. The van der Waals surface area contributed by atoms with E-state index in [-0.39, 0.29) is 24.7 Å². The predicted molar refractivity (Wildman–Crippen MR) is 90.7 cm³/mol. The lowest BCUT2D eigenvalue weighted by atomic mass is 10.1. The summed E-state index contributed by atoms with van der Waals surface area (Å²) in [5.41, 5.74) is 2.23. The first kappa shape index (κ1) is 15.8. The Kier molecular flexibility index (Phi) is 3.77. The SMILES string of the molecule is O=C(Cl)[C@H]1CC(=O)N(c2ccc3oc(-c4cccc(F)c4)nc3c2)C1. The Morgan fingerprint density at radius 2 is 2.12 bits per heavy atom. The molecule has 1 fully saturated rings. The number of fused-ring (bicyclic) bond motifs is 1. The van der Waals surface area contributed by atoms with Gasteiger partial charge in [0.1, 0.15) is 11.3 Å². The highest BCUT2D eigenvalue weighted by atomic mass is 35.5. The third-order valence-corrected chi connectivity index (χ3v) is 4.51. The van der Waals surface area contributed by atoms with Gasteiger partial charge in [0, 0.05) is 24.2 Å². The Balaban J connectivity index is 1.69. The molecule has 0 N–H and O–H groups in total. The maximum Gasteiger partial charge on any atom is 0.227 e. The molecule has 0 radical (unpaired) electrons. The summed E-state index contributed by atoms with van der Waals surface area (Å²) in [5, 5.41) is -0.508. The topological polar surface area (TPSA) is 63.4 Å². The smallest absolute Gasteiger partial charge is 0.227 e. The summed E-state index contributed by atoms with van der Waals surface area (Å²) in [5.74, 6) is -0.731. The molecule has 3 aromatic rings. The first-order valence-corrected chi connectivity index (χ1v) is 8.05. The van der Waals surface area contributed by atoms with Crippen LogP contribution < -0.4 is 4.90 Å². The minimum absolute atomic E-state index is 0.105. The van der Waals surface area contributed by atoms with Gasteiger partial charge in [-0.1, -0.05) is 6.07 Å². The van der Waals surface area contributed by atoms with Gasteiger partial charge in [-0.15, -0.1) is 0 Å². The molecule has 1 aliphatic rings. The molecule has 0 aliphatic carbocycles. The van der Waals surface area contributed by atoms with Gasteiger partial charge in [0.05, 0.1) is 5.92 Å². The van der Waals surface area contributed by atoms with Crippen LogP contribution in [0, 0.1) is 11.7 Å². The number of rotatable bonds is 3. The molecule has 1 atom stereocenters. The van der Waals surface area contributed by atoms with E-state index in [1.807, 2.05) is 0 Å². The fourth-order valence-electron chi connectivity index (χ4n) is 2.94. The van der Waals surface area contributed by atoms with Crippen LogP contribution in [0.5, 0.6) is 0 Å². The number of amides is 1. The average Bonchev–Trinajstić information content (AvgIpc) is 3.17. The van der Waals surface area contributed by atoms with Crippen LogP contribution >= 0.6 is 11.6 Å². The molecule has 0 spiro atoms. The Hall–Kier alpha value is -2.73. The van der Waals surface area contributed by atoms with Crippen molar-refractivity contribution in [1.29, 1.82) is 0 Å². The lowest BCUT2D eigenvalue weighted by Crippen LogP contribution is -2.25. The summed E-state index contributed by atoms with van der Waals surface area (Å²) >= 11 is 5.51. The summed E-state index contributed by atoms with van der Waals surface area (Å²) in [6.07, 6.45) is 0.105. The van der Waals surface area contributed by atoms with Crippen LogP contribution in [0.3, 0.4) is 0 Å². The largest absolute Gasteiger partial charge is 0.436 e. The van der Waals surface area contributed by atoms with E-state index < -0.39 is 11.2 Å². The number of oxazole rings is 1. The summed E-state index contributed by atoms with van der Waals surface area (Å²) < 4.78 is 19.0. The first-order chi connectivity index (χ1) is 12.0. The fraction of sp³-hybridized carbons (Fsp3) is 0.167. The Bertz CT molecular complexity index is 1000. The van der Waals surface area contributed by atoms with Crippen molar-refractivity contribution in [1.82, 2.24) is 4.98 Å². The van der Waals surface area contributed by atoms with Gasteiger partial charge in [-0.3, -0.25) is 9.59 Å². The zero-order valence-corrected chi connectivity index (χ0v) is 13.7. The number of aromatic nitrogens is 1. The van der Waals surface area contributed by atoms with E-state index in [0.717, 1.165) is 0 Å². The second kappa shape index (κ2) is 5.97. The lowest BCUT2D eigenvalue weighted by Gasteiger charge is -2.15. The van der Waals surface area contributed by atoms with E-state index in [2.05, 4.69) is 4.98 Å². The van der Waals surface area contributed by atoms with Crippen molar-refractivity contribution in [2.75, 3.05) is 11.4 Å². The van der Waals surface area contributed by atoms with E-state index in [1.54, 1.807) is 30.3 Å². The number of benzene rings is 2. The van der Waals surface area contributed by atoms with Crippen molar-refractivity contribution in [2.45, 2.75) is 6.42 Å². The molecule has 4 rings (SSSR count). The molecular formula is C18H12ClFN2O3. The highest BCUT2D eigenvalue weighted by molar-refractivity contribution is 6.64. The second-order valence-electron chi connectivity index (χ2n) is 5.89. The molecule has 0 bridgehead atoms. The number of anilines is 1. The maximum atomic E-state index is 13.4. The zero-order valence-electron chi connectivity index (χ0n) is 12.9. The van der Waals surface area contributed by atoms with Crippen LogP contribution in [0.1, 0.15) is 6.42 Å². The maximum absolute atomic E-state index is 13.4. The van der Waals surface area contributed by atoms with Gasteiger partial charge in [-0.05, 0) is 48.0 Å². The van der Waals surface area contributed by atoms with Crippen molar-refractivity contribution < 1.29 is 18.4 Å². The molecular weight excluding hydrogens is 347 g/mol. The normalized spacial score (nSPS) is 17.4. The molecule has 7 heteroatoms. The zero-order chi connectivity index (χ0) is 17.6. The summed E-state index contributed by atoms with van der Waals surface area (Å²) in [6, 6.07) is 11.1. The van der Waals surface area contributed by atoms with Gasteiger partial charge >= 0.3 is 0 Å². The molecule has 1 aromatic heterocycles. The van der Waals surface area contributed by atoms with Crippen molar-refractivity contribution in [2.24, 2.45) is 5.92 Å². The van der Waals surface area contributed by atoms with Crippen molar-refractivity contribution in [3.63, 3.8) is 0 Å². The van der Waals surface area contributed by atoms with Gasteiger partial charge in [0.25, 0.3) is 0 Å². The predicted octanol–water partition coefficient (Wildman–Crippen LogP) is 3.75. The Morgan fingerprint density at radius 1 is 1.28 bits per heavy atom. The minimum atomic E-state index is -0.508. The Morgan fingerprint density at radius 3 is 2.84 bits per heavy atom. The fourth-order valence-corrected chi connectivity index (χ4v) is 3.08. The average molecular weight is 359 g/mol. The van der Waals surface area contributed by atoms with Crippen molar-refractivity contribution in [3.05, 3.63) is 48.3 Å². The summed E-state index contributed by atoms with van der Waals surface area (Å²) in [4.78, 5) is 29.3. The molecule has 25 heavy (non-hydrogen) atoms. The van der Waals surface area contributed by atoms with Crippen LogP contribution in [-0.4, -0.2) is 22.7 Å². The number of hydrogen-bond acceptors (Lipinski definition) is 4. The van der Waals surface area contributed by atoms with Crippen LogP contribution in [0.25, 0.3) is 22.6 Å². The molecule has 2 aromatic carbocycles. The van der Waals surface area contributed by atoms with Gasteiger partial charge in [0.15, 0.2) is 5.58 Å². The lowest BCUT2D eigenvalue weighted by molar-refractivity contribution is -0.120. The number of nitrogens with zero attached hydrogens (tertiary/aromatic N) is 2. The van der Waals surface area contributed by atoms with Crippen molar-refractivity contribution in [3.8, 4) is 11.5 Å². The van der Waals surface area contributed by atoms with Gasteiger partial charge in [-0.25, -0.2) is 9.37 Å². The molecule has 0 unspecified atom stereocenters. The van der Waals surface area contributed by atoms with E-state index in [1.165, 1.54) is 17.0 Å². The second-order valence-corrected chi connectivity index (χ2v) is 6.26. The molecule has 126 valence electrons. The first-order valence-electron chi connectivity index (χ1n) is 7.67. The number of carbonyl (C=O) groups is 2.